The summed E-state index contributed by atoms with van der Waals surface area (Å²) in [5.41, 5.74) is 4.32. The minimum absolute atomic E-state index is 0.204. The SMILES string of the molecule is Cc1nc2ccc(Br)cc2c(N2CCN(C(=O)C(=O)NC3CC3)CC2)c1C. The molecule has 1 aliphatic heterocycles. The number of carbonyl (C=O) groups is 2. The Labute approximate surface area is 167 Å². The van der Waals surface area contributed by atoms with Crippen LogP contribution in [0.2, 0.25) is 0 Å². The molecule has 2 aliphatic rings. The molecule has 2 heterocycles. The lowest BCUT2D eigenvalue weighted by Crippen LogP contribution is -2.53. The number of nitrogens with zero attached hydrogens (tertiary/aromatic N) is 3. The van der Waals surface area contributed by atoms with Gasteiger partial charge in [-0.1, -0.05) is 15.9 Å². The van der Waals surface area contributed by atoms with Crippen LogP contribution in [-0.2, 0) is 9.59 Å². The average molecular weight is 431 g/mol. The van der Waals surface area contributed by atoms with Gasteiger partial charge < -0.3 is 15.1 Å². The molecule has 2 aromatic rings. The van der Waals surface area contributed by atoms with Crippen LogP contribution >= 0.6 is 15.9 Å². The number of hydrogen-bond donors (Lipinski definition) is 1. The minimum Gasteiger partial charge on any atom is -0.367 e. The van der Waals surface area contributed by atoms with Crippen LogP contribution in [0.1, 0.15) is 24.1 Å². The number of piperazine rings is 1. The number of hydrogen-bond acceptors (Lipinski definition) is 4. The maximum absolute atomic E-state index is 12.4. The van der Waals surface area contributed by atoms with Crippen molar-refractivity contribution in [1.82, 2.24) is 15.2 Å². The summed E-state index contributed by atoms with van der Waals surface area (Å²) < 4.78 is 1.02. The number of aromatic nitrogens is 1. The first-order chi connectivity index (χ1) is 12.9. The highest BCUT2D eigenvalue weighted by Gasteiger charge is 2.31. The van der Waals surface area contributed by atoms with Crippen molar-refractivity contribution in [2.24, 2.45) is 0 Å². The normalized spacial score (nSPS) is 17.3. The summed E-state index contributed by atoms with van der Waals surface area (Å²) in [6.45, 7) is 6.63. The van der Waals surface area contributed by atoms with E-state index >= 15 is 0 Å². The molecular formula is C20H23BrN4O2. The highest BCUT2D eigenvalue weighted by Crippen LogP contribution is 2.33. The summed E-state index contributed by atoms with van der Waals surface area (Å²) >= 11 is 3.56. The third kappa shape index (κ3) is 3.65. The molecule has 0 bridgehead atoms. The Kier molecular flexibility index (Phi) is 4.80. The van der Waals surface area contributed by atoms with E-state index in [1.165, 1.54) is 5.69 Å². The first-order valence-corrected chi connectivity index (χ1v) is 10.1. The molecule has 1 aliphatic carbocycles. The smallest absolute Gasteiger partial charge is 0.312 e. The summed E-state index contributed by atoms with van der Waals surface area (Å²) in [5.74, 6) is -0.868. The number of fused-ring (bicyclic) bond motifs is 1. The minimum atomic E-state index is -0.462. The second-order valence-corrected chi connectivity index (χ2v) is 8.27. The highest BCUT2D eigenvalue weighted by molar-refractivity contribution is 9.10. The van der Waals surface area contributed by atoms with Gasteiger partial charge in [0.25, 0.3) is 0 Å². The van der Waals surface area contributed by atoms with E-state index in [9.17, 15) is 9.59 Å². The third-order valence-corrected chi connectivity index (χ3v) is 5.88. The molecule has 7 heteroatoms. The Morgan fingerprint density at radius 2 is 1.85 bits per heavy atom. The molecule has 2 amide bonds. The standard InChI is InChI=1S/C20H23BrN4O2/c1-12-13(2)22-17-6-3-14(21)11-16(17)18(12)24-7-9-25(10-8-24)20(27)19(26)23-15-4-5-15/h3,6,11,15H,4-5,7-10H2,1-2H3,(H,23,26). The number of nitrogens with one attached hydrogen (secondary N) is 1. The van der Waals surface area contributed by atoms with Crippen LogP contribution in [0.3, 0.4) is 0 Å². The fraction of sp³-hybridized carbons (Fsp3) is 0.450. The van der Waals surface area contributed by atoms with Gasteiger partial charge in [0.1, 0.15) is 0 Å². The predicted octanol–water partition coefficient (Wildman–Crippen LogP) is 2.54. The monoisotopic (exact) mass is 430 g/mol. The summed E-state index contributed by atoms with van der Waals surface area (Å²) in [7, 11) is 0. The number of halogens is 1. The summed E-state index contributed by atoms with van der Waals surface area (Å²) in [4.78, 5) is 33.1. The molecule has 1 aromatic heterocycles. The molecule has 0 unspecified atom stereocenters. The van der Waals surface area contributed by atoms with Gasteiger partial charge in [-0.3, -0.25) is 14.6 Å². The van der Waals surface area contributed by atoms with Crippen molar-refractivity contribution >= 4 is 44.3 Å². The van der Waals surface area contributed by atoms with E-state index in [1.807, 2.05) is 19.1 Å². The molecule has 142 valence electrons. The zero-order valence-corrected chi connectivity index (χ0v) is 17.2. The lowest BCUT2D eigenvalue weighted by atomic mass is 10.1. The van der Waals surface area contributed by atoms with E-state index < -0.39 is 11.8 Å². The number of rotatable bonds is 2. The van der Waals surface area contributed by atoms with Gasteiger partial charge in [-0.15, -0.1) is 0 Å². The van der Waals surface area contributed by atoms with Gasteiger partial charge in [-0.2, -0.15) is 0 Å². The van der Waals surface area contributed by atoms with Gasteiger partial charge in [-0.25, -0.2) is 0 Å². The van der Waals surface area contributed by atoms with Crippen molar-refractivity contribution in [3.63, 3.8) is 0 Å². The van der Waals surface area contributed by atoms with Gasteiger partial charge >= 0.3 is 11.8 Å². The van der Waals surface area contributed by atoms with Crippen LogP contribution in [0.25, 0.3) is 10.9 Å². The van der Waals surface area contributed by atoms with E-state index in [2.05, 4.69) is 39.1 Å². The first kappa shape index (κ1) is 18.2. The Bertz CT molecular complexity index is 918. The zero-order valence-electron chi connectivity index (χ0n) is 15.6. The molecule has 1 N–H and O–H groups in total. The number of aryl methyl sites for hydroxylation is 1. The van der Waals surface area contributed by atoms with Gasteiger partial charge in [0.2, 0.25) is 0 Å². The second kappa shape index (κ2) is 7.11. The number of carbonyl (C=O) groups excluding carboxylic acids is 2. The molecule has 0 atom stereocenters. The van der Waals surface area contributed by atoms with Crippen molar-refractivity contribution in [3.8, 4) is 0 Å². The Morgan fingerprint density at radius 1 is 1.15 bits per heavy atom. The van der Waals surface area contributed by atoms with Gasteiger partial charge in [0.15, 0.2) is 0 Å². The molecule has 1 saturated carbocycles. The molecule has 0 radical (unpaired) electrons. The van der Waals surface area contributed by atoms with E-state index in [1.54, 1.807) is 4.90 Å². The summed E-state index contributed by atoms with van der Waals surface area (Å²) in [6, 6.07) is 6.33. The van der Waals surface area contributed by atoms with Gasteiger partial charge in [-0.05, 0) is 50.5 Å². The molecule has 6 nitrogen and oxygen atoms in total. The van der Waals surface area contributed by atoms with Crippen molar-refractivity contribution in [3.05, 3.63) is 33.9 Å². The number of anilines is 1. The van der Waals surface area contributed by atoms with Crippen LogP contribution in [0.4, 0.5) is 5.69 Å². The molecule has 2 fully saturated rings. The van der Waals surface area contributed by atoms with Crippen LogP contribution in [-0.4, -0.2) is 53.9 Å². The maximum atomic E-state index is 12.4. The van der Waals surface area contributed by atoms with E-state index in [-0.39, 0.29) is 6.04 Å². The molecular weight excluding hydrogens is 408 g/mol. The first-order valence-electron chi connectivity index (χ1n) is 9.35. The van der Waals surface area contributed by atoms with Gasteiger partial charge in [0, 0.05) is 47.8 Å². The largest absolute Gasteiger partial charge is 0.367 e. The number of amides is 2. The third-order valence-electron chi connectivity index (χ3n) is 5.39. The van der Waals surface area contributed by atoms with Crippen molar-refractivity contribution in [2.45, 2.75) is 32.7 Å². The maximum Gasteiger partial charge on any atom is 0.312 e. The van der Waals surface area contributed by atoms with Crippen molar-refractivity contribution < 1.29 is 9.59 Å². The fourth-order valence-electron chi connectivity index (χ4n) is 3.59. The molecule has 1 saturated heterocycles. The topological polar surface area (TPSA) is 65.5 Å². The molecule has 0 spiro atoms. The fourth-order valence-corrected chi connectivity index (χ4v) is 3.95. The molecule has 4 rings (SSSR count). The second-order valence-electron chi connectivity index (χ2n) is 7.36. The average Bonchev–Trinajstić information content (AvgIpc) is 3.47. The van der Waals surface area contributed by atoms with E-state index in [4.69, 9.17) is 4.98 Å². The Hall–Kier alpha value is -2.15. The summed E-state index contributed by atoms with van der Waals surface area (Å²) in [6.07, 6.45) is 1.96. The van der Waals surface area contributed by atoms with Crippen LogP contribution in [0.5, 0.6) is 0 Å². The zero-order chi connectivity index (χ0) is 19.1. The number of pyridine rings is 1. The Balaban J connectivity index is 1.54. The van der Waals surface area contributed by atoms with Crippen molar-refractivity contribution in [2.75, 3.05) is 31.1 Å². The van der Waals surface area contributed by atoms with Crippen molar-refractivity contribution in [1.29, 1.82) is 0 Å². The predicted molar refractivity (Wildman–Crippen MR) is 109 cm³/mol. The Morgan fingerprint density at radius 3 is 2.52 bits per heavy atom. The lowest BCUT2D eigenvalue weighted by molar-refractivity contribution is -0.146. The quantitative estimate of drug-likeness (QED) is 0.743. The van der Waals surface area contributed by atoms with Crippen LogP contribution in [0.15, 0.2) is 22.7 Å². The molecule has 1 aromatic carbocycles. The van der Waals surface area contributed by atoms with E-state index in [0.717, 1.165) is 39.5 Å². The number of benzene rings is 1. The van der Waals surface area contributed by atoms with E-state index in [0.29, 0.717) is 26.2 Å². The summed E-state index contributed by atoms with van der Waals surface area (Å²) in [5, 5.41) is 3.89. The molecule has 27 heavy (non-hydrogen) atoms. The highest BCUT2D eigenvalue weighted by atomic mass is 79.9. The van der Waals surface area contributed by atoms with Crippen LogP contribution in [0, 0.1) is 13.8 Å². The van der Waals surface area contributed by atoms with Gasteiger partial charge in [0.05, 0.1) is 11.2 Å². The van der Waals surface area contributed by atoms with Crippen LogP contribution < -0.4 is 10.2 Å². The lowest BCUT2D eigenvalue weighted by Gasteiger charge is -2.37.